The van der Waals surface area contributed by atoms with Crippen molar-refractivity contribution < 1.29 is 0 Å². The van der Waals surface area contributed by atoms with Crippen molar-refractivity contribution in [3.63, 3.8) is 0 Å². The van der Waals surface area contributed by atoms with Gasteiger partial charge in [0.2, 0.25) is 0 Å². The van der Waals surface area contributed by atoms with E-state index in [0.29, 0.717) is 18.6 Å². The van der Waals surface area contributed by atoms with Crippen molar-refractivity contribution >= 4 is 10.9 Å². The Labute approximate surface area is 201 Å². The van der Waals surface area contributed by atoms with Crippen molar-refractivity contribution in [3.05, 3.63) is 51.6 Å². The zero-order valence-corrected chi connectivity index (χ0v) is 20.7. The number of nitrogens with zero attached hydrogens (tertiary/aromatic N) is 5. The highest BCUT2D eigenvalue weighted by molar-refractivity contribution is 5.81. The fraction of sp³-hybridized carbons (Fsp3) is 0.630. The Morgan fingerprint density at radius 1 is 1.12 bits per heavy atom. The number of pyridine rings is 1. The summed E-state index contributed by atoms with van der Waals surface area (Å²) in [4.78, 5) is 19.0. The molecule has 0 unspecified atom stereocenters. The molecule has 34 heavy (non-hydrogen) atoms. The molecule has 0 saturated heterocycles. The minimum atomic E-state index is 0.0215. The Balaban J connectivity index is 1.54. The molecule has 7 nitrogen and oxygen atoms in total. The van der Waals surface area contributed by atoms with Gasteiger partial charge in [0.15, 0.2) is 5.82 Å². The molecule has 1 N–H and O–H groups in total. The zero-order chi connectivity index (χ0) is 23.5. The largest absolute Gasteiger partial charge is 0.321 e. The fourth-order valence-corrected chi connectivity index (χ4v) is 6.19. The van der Waals surface area contributed by atoms with Gasteiger partial charge in [0.05, 0.1) is 17.6 Å². The summed E-state index contributed by atoms with van der Waals surface area (Å²) in [6, 6.07) is 9.28. The van der Waals surface area contributed by atoms with Gasteiger partial charge in [-0.15, -0.1) is 5.10 Å². The lowest BCUT2D eigenvalue weighted by Gasteiger charge is -2.39. The van der Waals surface area contributed by atoms with Gasteiger partial charge in [-0.25, -0.2) is 4.68 Å². The number of fused-ring (bicyclic) bond motifs is 1. The van der Waals surface area contributed by atoms with Crippen molar-refractivity contribution in [3.8, 4) is 0 Å². The van der Waals surface area contributed by atoms with Crippen LogP contribution in [0.4, 0.5) is 0 Å². The molecule has 0 bridgehead atoms. The number of H-pyrrole nitrogens is 1. The standard InChI is InChI=1S/C27H38N6O/c1-3-10-24(26-29-30-31-33(26)23-15-7-8-16-23)32(22-13-5-4-6-14-22)18-21-17-20-12-9-11-19(2)25(20)28-27(21)34/h9,11-12,17,22-24H,3-8,10,13-16,18H2,1-2H3,(H,28,34)/t24-/m1/s1. The second-order valence-electron chi connectivity index (χ2n) is 10.4. The van der Waals surface area contributed by atoms with Crippen molar-refractivity contribution in [1.29, 1.82) is 0 Å². The summed E-state index contributed by atoms with van der Waals surface area (Å²) in [5.74, 6) is 0.993. The molecule has 2 heterocycles. The van der Waals surface area contributed by atoms with E-state index in [1.54, 1.807) is 0 Å². The first-order valence-corrected chi connectivity index (χ1v) is 13.3. The van der Waals surface area contributed by atoms with E-state index in [0.717, 1.165) is 53.5 Å². The lowest BCUT2D eigenvalue weighted by Crippen LogP contribution is -2.41. The van der Waals surface area contributed by atoms with Crippen LogP contribution in [0.2, 0.25) is 0 Å². The first kappa shape index (κ1) is 23.2. The third kappa shape index (κ3) is 4.67. The number of hydrogen-bond donors (Lipinski definition) is 1. The van der Waals surface area contributed by atoms with E-state index in [9.17, 15) is 4.79 Å². The SMILES string of the molecule is CCC[C@H](c1nnnn1C1CCCC1)N(Cc1cc2cccc(C)c2[nH]c1=O)C1CCCCC1. The van der Waals surface area contributed by atoms with E-state index in [4.69, 9.17) is 0 Å². The molecule has 2 aliphatic rings. The maximum atomic E-state index is 13.2. The van der Waals surface area contributed by atoms with E-state index < -0.39 is 0 Å². The van der Waals surface area contributed by atoms with Gasteiger partial charge in [0, 0.05) is 18.2 Å². The number of nitrogens with one attached hydrogen (secondary N) is 1. The van der Waals surface area contributed by atoms with Crippen LogP contribution in [-0.2, 0) is 6.54 Å². The molecule has 2 aliphatic carbocycles. The Morgan fingerprint density at radius 3 is 2.65 bits per heavy atom. The van der Waals surface area contributed by atoms with E-state index in [-0.39, 0.29) is 11.6 Å². The molecule has 3 aromatic rings. The van der Waals surface area contributed by atoms with E-state index in [1.807, 2.05) is 13.0 Å². The predicted molar refractivity (Wildman–Crippen MR) is 135 cm³/mol. The van der Waals surface area contributed by atoms with Crippen LogP contribution in [0, 0.1) is 6.92 Å². The van der Waals surface area contributed by atoms with Crippen molar-refractivity contribution in [2.75, 3.05) is 0 Å². The summed E-state index contributed by atoms with van der Waals surface area (Å²) in [5.41, 5.74) is 2.90. The van der Waals surface area contributed by atoms with Gasteiger partial charge in [0.25, 0.3) is 5.56 Å². The molecule has 0 spiro atoms. The molecule has 2 aromatic heterocycles. The third-order valence-electron chi connectivity index (χ3n) is 8.01. The molecule has 0 aliphatic heterocycles. The van der Waals surface area contributed by atoms with Gasteiger partial charge in [0.1, 0.15) is 0 Å². The van der Waals surface area contributed by atoms with E-state index in [2.05, 4.69) is 55.2 Å². The monoisotopic (exact) mass is 462 g/mol. The number of aryl methyl sites for hydroxylation is 1. The molecule has 1 aromatic carbocycles. The van der Waals surface area contributed by atoms with E-state index >= 15 is 0 Å². The Kier molecular flexibility index (Phi) is 7.09. The van der Waals surface area contributed by atoms with Crippen LogP contribution in [0.5, 0.6) is 0 Å². The van der Waals surface area contributed by atoms with Crippen LogP contribution in [0.3, 0.4) is 0 Å². The number of rotatable bonds is 8. The summed E-state index contributed by atoms with van der Waals surface area (Å²) in [7, 11) is 0. The predicted octanol–water partition coefficient (Wildman–Crippen LogP) is 5.61. The molecule has 2 fully saturated rings. The molecule has 0 radical (unpaired) electrons. The first-order valence-electron chi connectivity index (χ1n) is 13.3. The highest BCUT2D eigenvalue weighted by atomic mass is 16.1. The minimum Gasteiger partial charge on any atom is -0.321 e. The highest BCUT2D eigenvalue weighted by Gasteiger charge is 2.34. The summed E-state index contributed by atoms with van der Waals surface area (Å²) < 4.78 is 2.12. The first-order chi connectivity index (χ1) is 16.7. The lowest BCUT2D eigenvalue weighted by molar-refractivity contribution is 0.0798. The quantitative estimate of drug-likeness (QED) is 0.470. The molecule has 7 heteroatoms. The van der Waals surface area contributed by atoms with Crippen LogP contribution >= 0.6 is 0 Å². The number of para-hydroxylation sites is 1. The van der Waals surface area contributed by atoms with Crippen LogP contribution < -0.4 is 5.56 Å². The fourth-order valence-electron chi connectivity index (χ4n) is 6.19. The molecular weight excluding hydrogens is 424 g/mol. The topological polar surface area (TPSA) is 79.7 Å². The summed E-state index contributed by atoms with van der Waals surface area (Å²) in [6.45, 7) is 4.92. The zero-order valence-electron chi connectivity index (χ0n) is 20.7. The van der Waals surface area contributed by atoms with Crippen molar-refractivity contribution in [1.82, 2.24) is 30.1 Å². The molecule has 182 valence electrons. The van der Waals surface area contributed by atoms with Gasteiger partial charge in [-0.1, -0.05) is 63.6 Å². The average Bonchev–Trinajstić information content (AvgIpc) is 3.55. The van der Waals surface area contributed by atoms with Gasteiger partial charge >= 0.3 is 0 Å². The molecule has 0 amide bonds. The molecular formula is C27H38N6O. The summed E-state index contributed by atoms with van der Waals surface area (Å²) >= 11 is 0. The maximum absolute atomic E-state index is 13.2. The Bertz CT molecular complexity index is 1160. The van der Waals surface area contributed by atoms with Crippen molar-refractivity contribution in [2.45, 2.75) is 109 Å². The number of benzene rings is 1. The van der Waals surface area contributed by atoms with Gasteiger partial charge in [-0.2, -0.15) is 0 Å². The molecule has 2 saturated carbocycles. The second kappa shape index (κ2) is 10.4. The van der Waals surface area contributed by atoms with Crippen LogP contribution in [0.15, 0.2) is 29.1 Å². The average molecular weight is 463 g/mol. The van der Waals surface area contributed by atoms with Gasteiger partial charge < -0.3 is 4.98 Å². The number of aromatic amines is 1. The van der Waals surface area contributed by atoms with E-state index in [1.165, 1.54) is 44.9 Å². The minimum absolute atomic E-state index is 0.0215. The molecule has 1 atom stereocenters. The van der Waals surface area contributed by atoms with Gasteiger partial charge in [-0.3, -0.25) is 9.69 Å². The number of aromatic nitrogens is 5. The molecule has 5 rings (SSSR count). The third-order valence-corrected chi connectivity index (χ3v) is 8.01. The second-order valence-corrected chi connectivity index (χ2v) is 10.4. The number of hydrogen-bond acceptors (Lipinski definition) is 5. The maximum Gasteiger partial charge on any atom is 0.252 e. The van der Waals surface area contributed by atoms with Crippen LogP contribution in [0.25, 0.3) is 10.9 Å². The Hall–Kier alpha value is -2.54. The number of tetrazole rings is 1. The Morgan fingerprint density at radius 2 is 1.88 bits per heavy atom. The smallest absolute Gasteiger partial charge is 0.252 e. The van der Waals surface area contributed by atoms with Gasteiger partial charge in [-0.05, 0) is 66.5 Å². The summed E-state index contributed by atoms with van der Waals surface area (Å²) in [5, 5.41) is 14.3. The lowest BCUT2D eigenvalue weighted by atomic mass is 9.91. The van der Waals surface area contributed by atoms with Crippen molar-refractivity contribution in [2.24, 2.45) is 0 Å². The van der Waals surface area contributed by atoms with Crippen LogP contribution in [0.1, 0.15) is 107 Å². The summed E-state index contributed by atoms with van der Waals surface area (Å²) in [6.07, 6.45) is 13.0. The normalized spacial score (nSPS) is 18.8. The highest BCUT2D eigenvalue weighted by Crippen LogP contribution is 2.36. The van der Waals surface area contributed by atoms with Crippen LogP contribution in [-0.4, -0.2) is 36.1 Å².